The molecule has 0 atom stereocenters. The summed E-state index contributed by atoms with van der Waals surface area (Å²) in [7, 11) is 0. The number of fused-ring (bicyclic) bond motifs is 6. The van der Waals surface area contributed by atoms with E-state index in [-0.39, 0.29) is 24.8 Å². The second kappa shape index (κ2) is 17.9. The van der Waals surface area contributed by atoms with Gasteiger partial charge < -0.3 is 24.8 Å². The normalized spacial score (nSPS) is 16.0. The predicted octanol–water partition coefficient (Wildman–Crippen LogP) is 1.87. The summed E-state index contributed by atoms with van der Waals surface area (Å²) in [5, 5.41) is 0. The molecule has 2 fully saturated rings. The Morgan fingerprint density at radius 1 is 0.479 bits per heavy atom. The summed E-state index contributed by atoms with van der Waals surface area (Å²) >= 11 is -3.74. The molecule has 0 amide bonds. The van der Waals surface area contributed by atoms with Crippen LogP contribution in [0.15, 0.2) is 84.9 Å². The van der Waals surface area contributed by atoms with Gasteiger partial charge >= 0.3 is 299 Å². The van der Waals surface area contributed by atoms with Crippen molar-refractivity contribution in [1.29, 1.82) is 0 Å². The van der Waals surface area contributed by atoms with Gasteiger partial charge in [-0.25, -0.2) is 0 Å². The van der Waals surface area contributed by atoms with E-state index in [1.165, 1.54) is 97.6 Å². The molecule has 0 unspecified atom stereocenters. The Bertz CT molecular complexity index is 1550. The summed E-state index contributed by atoms with van der Waals surface area (Å²) in [5.74, 6) is -1.20. The van der Waals surface area contributed by atoms with E-state index in [1.807, 2.05) is 0 Å². The van der Waals surface area contributed by atoms with Gasteiger partial charge in [0.1, 0.15) is 0 Å². The van der Waals surface area contributed by atoms with Crippen LogP contribution in [0.1, 0.15) is 73.6 Å². The van der Waals surface area contributed by atoms with Crippen molar-refractivity contribution in [2.24, 2.45) is 0 Å². The number of halogens is 2. The van der Waals surface area contributed by atoms with Crippen LogP contribution in [-0.2, 0) is 54.6 Å². The van der Waals surface area contributed by atoms with Crippen LogP contribution < -0.4 is 38.1 Å². The third kappa shape index (κ3) is 8.43. The minimum Gasteiger partial charge on any atom is -1.00 e. The van der Waals surface area contributed by atoms with Gasteiger partial charge in [-0.3, -0.25) is 0 Å². The van der Waals surface area contributed by atoms with E-state index in [2.05, 4.69) is 118 Å². The molecule has 48 heavy (non-hydrogen) atoms. The van der Waals surface area contributed by atoms with Crippen molar-refractivity contribution in [1.82, 2.24) is 6.61 Å². The Hall–Kier alpha value is -0.446. The number of hydrogen-bond donors (Lipinski definition) is 2. The second-order valence-electron chi connectivity index (χ2n) is 14.7. The van der Waals surface area contributed by atoms with E-state index in [4.69, 9.17) is 0 Å². The fourth-order valence-corrected chi connectivity index (χ4v) is 51.6. The molecule has 2 nitrogen and oxygen atoms in total. The zero-order valence-electron chi connectivity index (χ0n) is 29.2. The fraction of sp³-hybridized carbons (Fsp3) is 0.400. The SMILES string of the molecule is C[SiH](C)[Hf+]([NH]C1CCCC1)[c]1cccc2c1Cc1ccccc1-2.C[SiH](C)[Hf+]([NH]C1CCCC1)[c]1cccc2c1Cc1ccccc1-2.[Cl-].[Cl-]. The maximum atomic E-state index is 4.26. The van der Waals surface area contributed by atoms with E-state index in [9.17, 15) is 0 Å². The molecule has 4 aliphatic carbocycles. The fourth-order valence-electron chi connectivity index (χ4n) is 8.51. The first kappa shape index (κ1) is 38.8. The van der Waals surface area contributed by atoms with Gasteiger partial charge in [0.2, 0.25) is 0 Å². The molecular formula is C40H52Cl2Hf2N2Si2. The third-order valence-corrected chi connectivity index (χ3v) is 58.6. The van der Waals surface area contributed by atoms with Crippen molar-refractivity contribution in [3.63, 3.8) is 0 Å². The maximum absolute atomic E-state index is 4.26. The summed E-state index contributed by atoms with van der Waals surface area (Å²) in [4.78, 5) is 0. The molecule has 0 aromatic heterocycles. The Balaban J connectivity index is 0.000000180. The molecule has 2 N–H and O–H groups in total. The molecule has 0 bridgehead atoms. The van der Waals surface area contributed by atoms with Crippen LogP contribution in [-0.4, -0.2) is 24.1 Å². The van der Waals surface area contributed by atoms with E-state index in [1.54, 1.807) is 17.8 Å². The summed E-state index contributed by atoms with van der Waals surface area (Å²) in [6.45, 7) is 10.4. The zero-order chi connectivity index (χ0) is 31.6. The van der Waals surface area contributed by atoms with E-state index >= 15 is 0 Å². The molecule has 0 aliphatic heterocycles. The average Bonchev–Trinajstić information content (AvgIpc) is 3.89. The Labute approximate surface area is 320 Å². The number of hydrogen-bond acceptors (Lipinski definition) is 2. The van der Waals surface area contributed by atoms with Crippen molar-refractivity contribution >= 4 is 18.6 Å². The van der Waals surface area contributed by atoms with Gasteiger partial charge in [0, 0.05) is 0 Å². The van der Waals surface area contributed by atoms with Gasteiger partial charge in [0.15, 0.2) is 0 Å². The van der Waals surface area contributed by atoms with Crippen LogP contribution in [0.5, 0.6) is 0 Å². The summed E-state index contributed by atoms with van der Waals surface area (Å²) in [6, 6.07) is 34.0. The molecule has 0 radical (unpaired) electrons. The smallest absolute Gasteiger partial charge is 1.00 e. The minimum absolute atomic E-state index is 0. The molecule has 0 saturated heterocycles. The Kier molecular flexibility index (Phi) is 14.4. The number of benzene rings is 4. The van der Waals surface area contributed by atoms with Gasteiger partial charge in [-0.05, 0) is 0 Å². The maximum Gasteiger partial charge on any atom is -1.00 e. The van der Waals surface area contributed by atoms with E-state index in [0.717, 1.165) is 12.1 Å². The quantitative estimate of drug-likeness (QED) is 0.228. The first-order valence-electron chi connectivity index (χ1n) is 18.2. The van der Waals surface area contributed by atoms with Crippen molar-refractivity contribution in [2.75, 3.05) is 0 Å². The first-order chi connectivity index (χ1) is 22.5. The number of nitrogens with one attached hydrogen (secondary N) is 2. The van der Waals surface area contributed by atoms with Crippen molar-refractivity contribution < 1.29 is 66.6 Å². The molecule has 8 heteroatoms. The molecule has 4 aromatic rings. The molecule has 0 spiro atoms. The summed E-state index contributed by atoms with van der Waals surface area (Å²) in [6.07, 6.45) is 13.8. The van der Waals surface area contributed by atoms with Crippen LogP contribution in [0.3, 0.4) is 0 Å². The third-order valence-electron chi connectivity index (χ3n) is 10.9. The largest absolute Gasteiger partial charge is 1.00 e. The van der Waals surface area contributed by atoms with Crippen LogP contribution >= 0.6 is 0 Å². The van der Waals surface area contributed by atoms with Crippen molar-refractivity contribution in [3.8, 4) is 22.3 Å². The molecule has 4 aliphatic rings. The van der Waals surface area contributed by atoms with Crippen LogP contribution in [0.4, 0.5) is 0 Å². The zero-order valence-corrected chi connectivity index (χ0v) is 40.2. The summed E-state index contributed by atoms with van der Waals surface area (Å²) < 4.78 is 12.1. The summed E-state index contributed by atoms with van der Waals surface area (Å²) in [5.41, 5.74) is 12.5. The van der Waals surface area contributed by atoms with Gasteiger partial charge in [0.05, 0.1) is 0 Å². The standard InChI is InChI=1S/2C13H9.2C5H10N.2C2H7Si.2ClH.2Hf/c2*1-3-7-12-10(5-1)9-11-6-2-4-8-13(11)12;2*6-5-3-1-2-4-5;2*1-3-2;;;;/h2*1-5,7-8H,9H2;2*5-6H,1-4H2;2*3H,1-2H3;2*1H;;/q;;2*-1;;;;;2*+2/p-2. The van der Waals surface area contributed by atoms with E-state index < -0.39 is 53.8 Å². The van der Waals surface area contributed by atoms with Crippen LogP contribution in [0, 0.1) is 0 Å². The second-order valence-corrected chi connectivity index (χ2v) is 65.6. The minimum atomic E-state index is -1.87. The predicted molar refractivity (Wildman–Crippen MR) is 197 cm³/mol. The van der Waals surface area contributed by atoms with E-state index in [0.29, 0.717) is 0 Å². The Morgan fingerprint density at radius 2 is 0.833 bits per heavy atom. The van der Waals surface area contributed by atoms with Gasteiger partial charge in [-0.2, -0.15) is 0 Å². The van der Waals surface area contributed by atoms with Crippen LogP contribution in [0.25, 0.3) is 22.3 Å². The molecule has 8 rings (SSSR count). The molecule has 4 aromatic carbocycles. The molecule has 2 saturated carbocycles. The van der Waals surface area contributed by atoms with Crippen LogP contribution in [0.2, 0.25) is 26.2 Å². The number of rotatable bonds is 8. The molecule has 252 valence electrons. The molecular weight excluding hydrogens is 993 g/mol. The monoisotopic (exact) mass is 1050 g/mol. The van der Waals surface area contributed by atoms with Crippen molar-refractivity contribution in [2.45, 2.75) is 102 Å². The Morgan fingerprint density at radius 3 is 1.21 bits per heavy atom. The topological polar surface area (TPSA) is 24.1 Å². The first-order valence-corrected chi connectivity index (χ1v) is 43.6. The van der Waals surface area contributed by atoms with Gasteiger partial charge in [-0.15, -0.1) is 0 Å². The van der Waals surface area contributed by atoms with Gasteiger partial charge in [-0.1, -0.05) is 0 Å². The van der Waals surface area contributed by atoms with Crippen molar-refractivity contribution in [3.05, 3.63) is 107 Å². The van der Waals surface area contributed by atoms with Gasteiger partial charge in [0.25, 0.3) is 0 Å². The molecule has 0 heterocycles. The average molecular weight is 1040 g/mol.